The Hall–Kier alpha value is -3.20. The van der Waals surface area contributed by atoms with Crippen molar-refractivity contribution in [1.29, 1.82) is 0 Å². The molecule has 6 nitrogen and oxygen atoms in total. The molecule has 0 amide bonds. The van der Waals surface area contributed by atoms with E-state index in [1.807, 2.05) is 19.1 Å². The quantitative estimate of drug-likeness (QED) is 0.236. The Morgan fingerprint density at radius 3 is 2.57 bits per heavy atom. The predicted molar refractivity (Wildman–Crippen MR) is 123 cm³/mol. The monoisotopic (exact) mass is 512 g/mol. The van der Waals surface area contributed by atoms with E-state index in [9.17, 15) is 9.59 Å². The standard InChI is InChI=1S/C23H17IN2O4/c1-2-29-19-13-15(21-25-18-11-7-6-10-16(18)22(27)26-21)12-17(24)20(19)30-23(28)14-8-4-3-5-9-14/h3-13H,2H2,1H3,(H,25,26,27). The molecule has 7 heteroatoms. The van der Waals surface area contributed by atoms with Gasteiger partial charge in [-0.05, 0) is 65.9 Å². The van der Waals surface area contributed by atoms with Crippen LogP contribution in [0.1, 0.15) is 17.3 Å². The maximum Gasteiger partial charge on any atom is 0.343 e. The highest BCUT2D eigenvalue weighted by molar-refractivity contribution is 14.1. The Labute approximate surface area is 186 Å². The molecule has 0 aliphatic carbocycles. The third-order valence-corrected chi connectivity index (χ3v) is 5.20. The normalized spacial score (nSPS) is 10.7. The number of H-pyrrole nitrogens is 1. The van der Waals surface area contributed by atoms with Gasteiger partial charge < -0.3 is 14.5 Å². The lowest BCUT2D eigenvalue weighted by Crippen LogP contribution is -2.12. The molecule has 0 aliphatic rings. The number of benzene rings is 3. The number of fused-ring (bicyclic) bond motifs is 1. The van der Waals surface area contributed by atoms with E-state index in [1.165, 1.54) is 0 Å². The van der Waals surface area contributed by atoms with Crippen LogP contribution in [-0.2, 0) is 0 Å². The summed E-state index contributed by atoms with van der Waals surface area (Å²) < 4.78 is 12.0. The molecule has 30 heavy (non-hydrogen) atoms. The van der Waals surface area contributed by atoms with E-state index in [2.05, 4.69) is 32.6 Å². The molecule has 0 radical (unpaired) electrons. The van der Waals surface area contributed by atoms with Gasteiger partial charge in [-0.1, -0.05) is 30.3 Å². The topological polar surface area (TPSA) is 81.3 Å². The molecule has 1 heterocycles. The van der Waals surface area contributed by atoms with Gasteiger partial charge in [0, 0.05) is 5.56 Å². The first-order chi connectivity index (χ1) is 14.6. The maximum atomic E-state index is 12.5. The first-order valence-corrected chi connectivity index (χ1v) is 10.4. The van der Waals surface area contributed by atoms with Crippen molar-refractivity contribution in [2.24, 2.45) is 0 Å². The number of aromatic nitrogens is 2. The molecule has 0 atom stereocenters. The summed E-state index contributed by atoms with van der Waals surface area (Å²) in [5.41, 5.74) is 1.48. The number of nitrogens with one attached hydrogen (secondary N) is 1. The predicted octanol–water partition coefficient (Wildman–Crippen LogP) is 4.81. The first-order valence-electron chi connectivity index (χ1n) is 9.30. The van der Waals surface area contributed by atoms with Crippen molar-refractivity contribution in [3.63, 3.8) is 0 Å². The lowest BCUT2D eigenvalue weighted by molar-refractivity contribution is 0.0727. The number of hydrogen-bond donors (Lipinski definition) is 1. The van der Waals surface area contributed by atoms with Gasteiger partial charge in [-0.3, -0.25) is 4.79 Å². The summed E-state index contributed by atoms with van der Waals surface area (Å²) in [5, 5.41) is 0.523. The van der Waals surface area contributed by atoms with Gasteiger partial charge >= 0.3 is 5.97 Å². The van der Waals surface area contributed by atoms with Crippen LogP contribution in [0.2, 0.25) is 0 Å². The van der Waals surface area contributed by atoms with Gasteiger partial charge in [0.05, 0.1) is 26.6 Å². The van der Waals surface area contributed by atoms with Crippen LogP contribution in [0.25, 0.3) is 22.3 Å². The fourth-order valence-corrected chi connectivity index (χ4v) is 3.73. The van der Waals surface area contributed by atoms with E-state index < -0.39 is 5.97 Å². The Morgan fingerprint density at radius 2 is 1.80 bits per heavy atom. The summed E-state index contributed by atoms with van der Waals surface area (Å²) in [6, 6.07) is 19.4. The Balaban J connectivity index is 1.77. The van der Waals surface area contributed by atoms with Crippen molar-refractivity contribution in [3.05, 3.63) is 86.2 Å². The van der Waals surface area contributed by atoms with Gasteiger partial charge in [0.15, 0.2) is 11.5 Å². The minimum atomic E-state index is -0.473. The Kier molecular flexibility index (Phi) is 5.80. The number of para-hydroxylation sites is 1. The molecule has 0 saturated carbocycles. The van der Waals surface area contributed by atoms with E-state index in [0.717, 1.165) is 0 Å². The van der Waals surface area contributed by atoms with Gasteiger partial charge in [-0.15, -0.1) is 0 Å². The third-order valence-electron chi connectivity index (χ3n) is 4.40. The largest absolute Gasteiger partial charge is 0.490 e. The molecule has 3 aromatic carbocycles. The minimum absolute atomic E-state index is 0.219. The fraction of sp³-hybridized carbons (Fsp3) is 0.0870. The van der Waals surface area contributed by atoms with Crippen molar-refractivity contribution in [3.8, 4) is 22.9 Å². The van der Waals surface area contributed by atoms with E-state index in [4.69, 9.17) is 9.47 Å². The van der Waals surface area contributed by atoms with E-state index in [-0.39, 0.29) is 5.56 Å². The minimum Gasteiger partial charge on any atom is -0.490 e. The summed E-state index contributed by atoms with van der Waals surface area (Å²) in [6.07, 6.45) is 0. The highest BCUT2D eigenvalue weighted by Gasteiger charge is 2.19. The average molecular weight is 512 g/mol. The van der Waals surface area contributed by atoms with Gasteiger partial charge in [-0.2, -0.15) is 0 Å². The smallest absolute Gasteiger partial charge is 0.343 e. The number of aromatic amines is 1. The van der Waals surface area contributed by atoms with Crippen molar-refractivity contribution >= 4 is 39.5 Å². The molecule has 0 spiro atoms. The van der Waals surface area contributed by atoms with Gasteiger partial charge in [-0.25, -0.2) is 9.78 Å². The lowest BCUT2D eigenvalue weighted by atomic mass is 10.1. The molecular weight excluding hydrogens is 495 g/mol. The number of halogens is 1. The van der Waals surface area contributed by atoms with Crippen LogP contribution >= 0.6 is 22.6 Å². The van der Waals surface area contributed by atoms with Crippen LogP contribution < -0.4 is 15.0 Å². The molecule has 1 N–H and O–H groups in total. The van der Waals surface area contributed by atoms with Gasteiger partial charge in [0.1, 0.15) is 5.82 Å². The molecule has 0 fully saturated rings. The second-order valence-corrected chi connectivity index (χ2v) is 7.57. The zero-order valence-electron chi connectivity index (χ0n) is 16.0. The van der Waals surface area contributed by atoms with Crippen LogP contribution in [0.4, 0.5) is 0 Å². The Bertz CT molecular complexity index is 1290. The van der Waals surface area contributed by atoms with Crippen molar-refractivity contribution < 1.29 is 14.3 Å². The highest BCUT2D eigenvalue weighted by Crippen LogP contribution is 2.37. The SMILES string of the molecule is CCOc1cc(-c2nc3ccccc3c(=O)[nH]2)cc(I)c1OC(=O)c1ccccc1. The summed E-state index contributed by atoms with van der Waals surface area (Å²) in [5.74, 6) is 0.677. The molecule has 1 aromatic heterocycles. The summed E-state index contributed by atoms with van der Waals surface area (Å²) in [7, 11) is 0. The number of carbonyl (C=O) groups excluding carboxylic acids is 1. The van der Waals surface area contributed by atoms with Crippen molar-refractivity contribution in [2.75, 3.05) is 6.61 Å². The third kappa shape index (κ3) is 4.06. The number of rotatable bonds is 5. The number of carbonyl (C=O) groups is 1. The fourth-order valence-electron chi connectivity index (χ4n) is 3.02. The van der Waals surface area contributed by atoms with Crippen molar-refractivity contribution in [2.45, 2.75) is 6.92 Å². The molecule has 0 saturated heterocycles. The molecule has 0 unspecified atom stereocenters. The zero-order valence-corrected chi connectivity index (χ0v) is 18.2. The Morgan fingerprint density at radius 1 is 1.07 bits per heavy atom. The summed E-state index contributed by atoms with van der Waals surface area (Å²) in [6.45, 7) is 2.23. The second-order valence-electron chi connectivity index (χ2n) is 6.41. The van der Waals surface area contributed by atoms with Crippen LogP contribution in [0.3, 0.4) is 0 Å². The second kappa shape index (κ2) is 8.66. The molecule has 4 aromatic rings. The molecule has 0 bridgehead atoms. The number of hydrogen-bond acceptors (Lipinski definition) is 5. The highest BCUT2D eigenvalue weighted by atomic mass is 127. The molecule has 4 rings (SSSR count). The molecule has 150 valence electrons. The van der Waals surface area contributed by atoms with Gasteiger partial charge in [0.2, 0.25) is 0 Å². The zero-order chi connectivity index (χ0) is 21.1. The summed E-state index contributed by atoms with van der Waals surface area (Å²) in [4.78, 5) is 32.3. The van der Waals surface area contributed by atoms with Crippen LogP contribution in [0.5, 0.6) is 11.5 Å². The van der Waals surface area contributed by atoms with Crippen LogP contribution in [0.15, 0.2) is 71.5 Å². The molecule has 0 aliphatic heterocycles. The molecular formula is C23H17IN2O4. The number of esters is 1. The number of nitrogens with zero attached hydrogens (tertiary/aromatic N) is 1. The number of ether oxygens (including phenoxy) is 2. The van der Waals surface area contributed by atoms with E-state index >= 15 is 0 Å². The first kappa shape index (κ1) is 20.1. The summed E-state index contributed by atoms with van der Waals surface area (Å²) >= 11 is 2.08. The van der Waals surface area contributed by atoms with Crippen LogP contribution in [0, 0.1) is 3.57 Å². The lowest BCUT2D eigenvalue weighted by Gasteiger charge is -2.14. The average Bonchev–Trinajstić information content (AvgIpc) is 2.76. The maximum absolute atomic E-state index is 12.5. The van der Waals surface area contributed by atoms with E-state index in [1.54, 1.807) is 54.6 Å². The van der Waals surface area contributed by atoms with E-state index in [0.29, 0.717) is 49.5 Å². The van der Waals surface area contributed by atoms with Gasteiger partial charge in [0.25, 0.3) is 5.56 Å². The van der Waals surface area contributed by atoms with Crippen LogP contribution in [-0.4, -0.2) is 22.5 Å². The van der Waals surface area contributed by atoms with Crippen molar-refractivity contribution in [1.82, 2.24) is 9.97 Å².